The van der Waals surface area contributed by atoms with Gasteiger partial charge in [-0.3, -0.25) is 0 Å². The van der Waals surface area contributed by atoms with E-state index < -0.39 is 22.7 Å². The molecule has 18 rings (SSSR count). The second-order valence-corrected chi connectivity index (χ2v) is 25.4. The van der Waals surface area contributed by atoms with Crippen molar-refractivity contribution in [1.82, 2.24) is 0 Å². The van der Waals surface area contributed by atoms with Crippen molar-refractivity contribution in [2.75, 3.05) is 0 Å². The van der Waals surface area contributed by atoms with Crippen molar-refractivity contribution in [2.24, 2.45) is 0 Å². The highest BCUT2D eigenvalue weighted by Gasteiger charge is 2.48. The molecule has 10 heteroatoms. The summed E-state index contributed by atoms with van der Waals surface area (Å²) in [5.41, 5.74) is 2.43. The Labute approximate surface area is 544 Å². The lowest BCUT2D eigenvalue weighted by Gasteiger charge is -2.19. The second-order valence-electron chi connectivity index (χ2n) is 23.9. The largest absolute Gasteiger partial charge is 0.534 e. The Balaban J connectivity index is 0.000000118. The van der Waals surface area contributed by atoms with Crippen LogP contribution in [0.3, 0.4) is 0 Å². The first-order valence-electron chi connectivity index (χ1n) is 31.3. The van der Waals surface area contributed by atoms with Gasteiger partial charge in [-0.15, -0.1) is 0 Å². The van der Waals surface area contributed by atoms with Crippen molar-refractivity contribution in [3.63, 3.8) is 0 Å². The van der Waals surface area contributed by atoms with E-state index in [0.29, 0.717) is 10.8 Å². The van der Waals surface area contributed by atoms with E-state index in [1.54, 1.807) is 6.07 Å². The molecule has 0 saturated heterocycles. The van der Waals surface area contributed by atoms with E-state index in [1.807, 2.05) is 97.1 Å². The van der Waals surface area contributed by atoms with Gasteiger partial charge in [0.1, 0.15) is 5.75 Å². The van der Waals surface area contributed by atoms with Gasteiger partial charge in [0.2, 0.25) is 0 Å². The number of fused-ring (bicyclic) bond motifs is 18. The Morgan fingerprint density at radius 1 is 0.263 bits per heavy atom. The minimum Gasteiger partial charge on any atom is -0.423 e. The Bertz CT molecular complexity index is 6080. The maximum absolute atomic E-state index is 12.6. The molecule has 0 aliphatic carbocycles. The molecule has 0 aliphatic heterocycles. The molecule has 0 bridgehead atoms. The molecule has 5 nitrogen and oxygen atoms in total. The van der Waals surface area contributed by atoms with Gasteiger partial charge < -0.3 is 14.2 Å². The smallest absolute Gasteiger partial charge is 0.423 e. The second kappa shape index (κ2) is 23.6. The molecule has 0 spiro atoms. The fourth-order valence-electron chi connectivity index (χ4n) is 14.4. The molecule has 0 aromatic heterocycles. The van der Waals surface area contributed by atoms with Crippen LogP contribution in [-0.2, 0) is 10.1 Å². The van der Waals surface area contributed by atoms with Crippen LogP contribution in [0.5, 0.6) is 5.75 Å². The number of benzene rings is 18. The highest BCUT2D eigenvalue weighted by molar-refractivity contribution is 7.88. The van der Waals surface area contributed by atoms with Crippen molar-refractivity contribution in [1.29, 1.82) is 0 Å². The lowest BCUT2D eigenvalue weighted by molar-refractivity contribution is -0.0500. The number of alkyl halides is 3. The third-order valence-electron chi connectivity index (χ3n) is 18.5. The molecule has 18 aromatic rings. The van der Waals surface area contributed by atoms with E-state index in [9.17, 15) is 31.6 Å². The number of hydrogen-bond acceptors (Lipinski definition) is 5. The van der Waals surface area contributed by atoms with Crippen LogP contribution in [0.4, 0.5) is 13.2 Å². The van der Waals surface area contributed by atoms with Crippen molar-refractivity contribution in [3.05, 3.63) is 315 Å². The zero-order valence-corrected chi connectivity index (χ0v) is 51.6. The van der Waals surface area contributed by atoms with Crippen LogP contribution < -0.4 is 9.65 Å². The summed E-state index contributed by atoms with van der Waals surface area (Å²) in [5, 5.41) is 46.9. The lowest BCUT2D eigenvalue weighted by Crippen LogP contribution is -2.31. The zero-order valence-electron chi connectivity index (χ0n) is 50.8. The summed E-state index contributed by atoms with van der Waals surface area (Å²) in [6, 6.07) is 108. The molecular formula is C85H54BF3O5S. The van der Waals surface area contributed by atoms with Crippen LogP contribution in [0.25, 0.3) is 163 Å². The SMILES string of the molecule is O=S(=O)(Oc1ccc2c3ccccc3c3ccccc3c2c1)C(F)(F)F.OB(O)c1c2ccccc2c(-c2ccc3ccccc3c2)c2ccccc12.c1ccc2cc(-c3c4ccccc4c(-c4ccc5c6ccccc6c6ccccc6c5c4)c4ccccc34)ccc2c1. The summed E-state index contributed by atoms with van der Waals surface area (Å²) in [5.74, 6) is -0.379. The fourth-order valence-corrected chi connectivity index (χ4v) is 14.8. The maximum Gasteiger partial charge on any atom is 0.534 e. The molecule has 18 aromatic carbocycles. The molecule has 0 amide bonds. The van der Waals surface area contributed by atoms with Gasteiger partial charge in [0.05, 0.1) is 0 Å². The average molecular weight is 1260 g/mol. The summed E-state index contributed by atoms with van der Waals surface area (Å²) in [7, 11) is -7.24. The van der Waals surface area contributed by atoms with Gasteiger partial charge in [-0.1, -0.05) is 279 Å². The van der Waals surface area contributed by atoms with Gasteiger partial charge in [-0.25, -0.2) is 0 Å². The quantitative estimate of drug-likeness (QED) is 0.0570. The van der Waals surface area contributed by atoms with E-state index in [1.165, 1.54) is 110 Å². The average Bonchev–Trinajstić information content (AvgIpc) is 0.746. The molecule has 2 N–H and O–H groups in total. The fraction of sp³-hybridized carbons (Fsp3) is 0.0118. The Morgan fingerprint density at radius 3 is 0.863 bits per heavy atom. The first kappa shape index (κ1) is 58.7. The van der Waals surface area contributed by atoms with Crippen molar-refractivity contribution >= 4 is 152 Å². The summed E-state index contributed by atoms with van der Waals surface area (Å²) in [6.45, 7) is 0. The Kier molecular flexibility index (Phi) is 14.6. The van der Waals surface area contributed by atoms with Gasteiger partial charge in [-0.05, 0) is 205 Å². The third kappa shape index (κ3) is 10.3. The van der Waals surface area contributed by atoms with Crippen LogP contribution in [0.1, 0.15) is 0 Å². The van der Waals surface area contributed by atoms with Crippen LogP contribution in [0.15, 0.2) is 315 Å². The van der Waals surface area contributed by atoms with Crippen molar-refractivity contribution < 1.29 is 35.8 Å². The highest BCUT2D eigenvalue weighted by Crippen LogP contribution is 2.47. The van der Waals surface area contributed by atoms with Crippen LogP contribution in [0.2, 0.25) is 0 Å². The molecule has 0 fully saturated rings. The van der Waals surface area contributed by atoms with Gasteiger partial charge in [0.15, 0.2) is 0 Å². The molecular weight excluding hydrogens is 1200 g/mol. The molecule has 0 heterocycles. The number of hydrogen-bond donors (Lipinski definition) is 2. The van der Waals surface area contributed by atoms with Crippen LogP contribution >= 0.6 is 0 Å². The predicted molar refractivity (Wildman–Crippen MR) is 391 cm³/mol. The van der Waals surface area contributed by atoms with Gasteiger partial charge in [0.25, 0.3) is 0 Å². The molecule has 0 atom stereocenters. The highest BCUT2D eigenvalue weighted by atomic mass is 32.2. The van der Waals surface area contributed by atoms with Crippen LogP contribution in [0, 0.1) is 0 Å². The monoisotopic (exact) mass is 1250 g/mol. The Hall–Kier alpha value is -11.4. The summed E-state index contributed by atoms with van der Waals surface area (Å²) < 4.78 is 64.6. The summed E-state index contributed by atoms with van der Waals surface area (Å²) >= 11 is 0. The predicted octanol–water partition coefficient (Wildman–Crippen LogP) is 21.8. The zero-order chi connectivity index (χ0) is 64.5. The number of halogens is 3. The molecule has 0 saturated carbocycles. The summed E-state index contributed by atoms with van der Waals surface area (Å²) in [4.78, 5) is 0. The number of rotatable bonds is 6. The van der Waals surface area contributed by atoms with Crippen molar-refractivity contribution in [2.45, 2.75) is 5.51 Å². The lowest BCUT2D eigenvalue weighted by atomic mass is 9.72. The maximum atomic E-state index is 12.6. The molecule has 0 radical (unpaired) electrons. The van der Waals surface area contributed by atoms with Gasteiger partial charge >= 0.3 is 22.7 Å². The van der Waals surface area contributed by atoms with E-state index >= 15 is 0 Å². The normalized spacial score (nSPS) is 11.9. The minimum absolute atomic E-state index is 0.379. The first-order valence-corrected chi connectivity index (χ1v) is 32.7. The first-order chi connectivity index (χ1) is 46.4. The molecule has 0 aliphatic rings. The minimum atomic E-state index is -5.72. The van der Waals surface area contributed by atoms with Gasteiger partial charge in [-0.2, -0.15) is 21.6 Å². The van der Waals surface area contributed by atoms with E-state index in [2.05, 4.69) is 204 Å². The van der Waals surface area contributed by atoms with E-state index in [0.717, 1.165) is 59.6 Å². The third-order valence-corrected chi connectivity index (χ3v) is 19.5. The van der Waals surface area contributed by atoms with E-state index in [-0.39, 0.29) is 5.75 Å². The topological polar surface area (TPSA) is 83.8 Å². The van der Waals surface area contributed by atoms with E-state index in [4.69, 9.17) is 0 Å². The molecule has 95 heavy (non-hydrogen) atoms. The molecule has 454 valence electrons. The Morgan fingerprint density at radius 2 is 0.516 bits per heavy atom. The summed E-state index contributed by atoms with van der Waals surface area (Å²) in [6.07, 6.45) is 0. The van der Waals surface area contributed by atoms with Crippen LogP contribution in [-0.4, -0.2) is 31.1 Å². The van der Waals surface area contributed by atoms with Crippen molar-refractivity contribution in [3.8, 4) is 39.1 Å². The van der Waals surface area contributed by atoms with Gasteiger partial charge in [0, 0.05) is 0 Å². The molecule has 0 unspecified atom stereocenters. The standard InChI is InChI=1S/C42H26.C24H17BO2.C19H11F3O3S/c1-2-12-28-25-29(22-21-27(28)11-1)41-36-17-7-9-19-38(36)42(39-20-10-8-18-37(39)41)30-23-24-35-33-15-4-3-13-31(33)32-14-5-6-16-34(32)40(35)26-30;26-25(27)24-21-11-5-3-9-19(21)23(20-10-4-6-12-22(20)24)18-14-13-16-7-1-2-8-17(16)15-18;20-19(21,22)26(23,24)25-12-9-10-17-15-7-2-1-5-13(15)14-6-3-4-8-16(14)18(17)11-12/h1-26H;1-15,26-27H;1-11H.